The van der Waals surface area contributed by atoms with Crippen LogP contribution in [0.4, 0.5) is 0 Å². The molecule has 0 aliphatic carbocycles. The number of nitrogens with zero attached hydrogens (tertiary/aromatic N) is 1. The topological polar surface area (TPSA) is 67.6 Å². The van der Waals surface area contributed by atoms with Crippen LogP contribution in [0.5, 0.6) is 5.75 Å². The van der Waals surface area contributed by atoms with Crippen LogP contribution in [-0.2, 0) is 4.79 Å². The van der Waals surface area contributed by atoms with Gasteiger partial charge in [-0.15, -0.1) is 0 Å². The molecule has 3 unspecified atom stereocenters. The van der Waals surface area contributed by atoms with Gasteiger partial charge in [-0.3, -0.25) is 9.69 Å². The second kappa shape index (κ2) is 6.91. The lowest BCUT2D eigenvalue weighted by Crippen LogP contribution is -2.58. The summed E-state index contributed by atoms with van der Waals surface area (Å²) in [5, 5.41) is 2.93. The van der Waals surface area contributed by atoms with E-state index >= 15 is 0 Å². The molecule has 1 aromatic carbocycles. The van der Waals surface area contributed by atoms with Gasteiger partial charge in [-0.25, -0.2) is 0 Å². The molecule has 1 heterocycles. The zero-order valence-corrected chi connectivity index (χ0v) is 13.0. The number of nitrogens with one attached hydrogen (secondary N) is 1. The van der Waals surface area contributed by atoms with Crippen molar-refractivity contribution in [3.8, 4) is 5.75 Å². The van der Waals surface area contributed by atoms with E-state index in [-0.39, 0.29) is 24.0 Å². The normalized spacial score (nSPS) is 22.5. The standard InChI is InChI=1S/C16H25N3O2/c1-4-13-16(20)18-9-10-19(13)15(11(2)17)12-7-5-6-8-14(12)21-3/h5-8,11,13,15H,4,9-10,17H2,1-3H3,(H,18,20). The van der Waals surface area contributed by atoms with E-state index in [0.717, 1.165) is 24.3 Å². The third kappa shape index (κ3) is 3.19. The molecule has 21 heavy (non-hydrogen) atoms. The predicted octanol–water partition coefficient (Wildman–Crippen LogP) is 1.29. The van der Waals surface area contributed by atoms with Crippen LogP contribution in [-0.4, -0.2) is 43.1 Å². The Morgan fingerprint density at radius 1 is 1.48 bits per heavy atom. The molecule has 5 nitrogen and oxygen atoms in total. The summed E-state index contributed by atoms with van der Waals surface area (Å²) in [6.45, 7) is 5.47. The molecule has 0 bridgehead atoms. The molecule has 0 saturated carbocycles. The van der Waals surface area contributed by atoms with Gasteiger partial charge >= 0.3 is 0 Å². The van der Waals surface area contributed by atoms with Gasteiger partial charge in [-0.05, 0) is 19.4 Å². The Labute approximate surface area is 126 Å². The molecule has 0 spiro atoms. The minimum atomic E-state index is -0.139. The summed E-state index contributed by atoms with van der Waals surface area (Å²) in [4.78, 5) is 14.3. The van der Waals surface area contributed by atoms with Crippen molar-refractivity contribution in [3.05, 3.63) is 29.8 Å². The minimum Gasteiger partial charge on any atom is -0.496 e. The van der Waals surface area contributed by atoms with Crippen molar-refractivity contribution in [3.63, 3.8) is 0 Å². The number of benzene rings is 1. The molecule has 1 fully saturated rings. The van der Waals surface area contributed by atoms with Gasteiger partial charge in [0.15, 0.2) is 0 Å². The molecule has 1 amide bonds. The van der Waals surface area contributed by atoms with Crippen LogP contribution >= 0.6 is 0 Å². The van der Waals surface area contributed by atoms with Crippen molar-refractivity contribution in [1.29, 1.82) is 0 Å². The number of hydrogen-bond acceptors (Lipinski definition) is 4. The van der Waals surface area contributed by atoms with Gasteiger partial charge in [0.1, 0.15) is 5.75 Å². The van der Waals surface area contributed by atoms with Gasteiger partial charge < -0.3 is 15.8 Å². The molecule has 3 N–H and O–H groups in total. The maximum atomic E-state index is 12.1. The van der Waals surface area contributed by atoms with Crippen molar-refractivity contribution in [2.45, 2.75) is 38.4 Å². The molecule has 1 aromatic rings. The summed E-state index contributed by atoms with van der Waals surface area (Å²) in [6, 6.07) is 7.64. The SMILES string of the molecule is CCC1C(=O)NCCN1C(c1ccccc1OC)C(C)N. The lowest BCUT2D eigenvalue weighted by molar-refractivity contribution is -0.130. The molecule has 2 rings (SSSR count). The van der Waals surface area contributed by atoms with Crippen molar-refractivity contribution in [2.75, 3.05) is 20.2 Å². The highest BCUT2D eigenvalue weighted by molar-refractivity contribution is 5.82. The second-order valence-electron chi connectivity index (χ2n) is 5.50. The molecule has 0 radical (unpaired) electrons. The first-order valence-electron chi connectivity index (χ1n) is 7.52. The third-order valence-electron chi connectivity index (χ3n) is 4.07. The quantitative estimate of drug-likeness (QED) is 0.858. The van der Waals surface area contributed by atoms with E-state index < -0.39 is 0 Å². The van der Waals surface area contributed by atoms with Crippen LogP contribution in [0, 0.1) is 0 Å². The minimum absolute atomic E-state index is 0.0304. The van der Waals surface area contributed by atoms with E-state index in [0.29, 0.717) is 6.54 Å². The number of piperazine rings is 1. The summed E-state index contributed by atoms with van der Waals surface area (Å²) in [5.74, 6) is 0.907. The maximum Gasteiger partial charge on any atom is 0.237 e. The van der Waals surface area contributed by atoms with Gasteiger partial charge in [0.2, 0.25) is 5.91 Å². The lowest BCUT2D eigenvalue weighted by atomic mass is 9.94. The van der Waals surface area contributed by atoms with E-state index in [1.165, 1.54) is 0 Å². The highest BCUT2D eigenvalue weighted by Gasteiger charge is 2.36. The Morgan fingerprint density at radius 2 is 2.19 bits per heavy atom. The van der Waals surface area contributed by atoms with Crippen LogP contribution in [0.3, 0.4) is 0 Å². The maximum absolute atomic E-state index is 12.1. The summed E-state index contributed by atoms with van der Waals surface area (Å²) in [7, 11) is 1.66. The van der Waals surface area contributed by atoms with E-state index in [2.05, 4.69) is 10.2 Å². The Morgan fingerprint density at radius 3 is 2.81 bits per heavy atom. The number of amides is 1. The first-order chi connectivity index (χ1) is 10.1. The number of ether oxygens (including phenoxy) is 1. The Balaban J connectivity index is 2.40. The fourth-order valence-corrected chi connectivity index (χ4v) is 3.16. The van der Waals surface area contributed by atoms with Crippen LogP contribution in [0.15, 0.2) is 24.3 Å². The molecule has 1 saturated heterocycles. The van der Waals surface area contributed by atoms with Gasteiger partial charge in [0, 0.05) is 24.7 Å². The van der Waals surface area contributed by atoms with Gasteiger partial charge in [0.05, 0.1) is 19.2 Å². The number of rotatable bonds is 5. The summed E-state index contributed by atoms with van der Waals surface area (Å²) in [5.41, 5.74) is 7.30. The Kier molecular flexibility index (Phi) is 5.20. The first kappa shape index (κ1) is 15.8. The number of methoxy groups -OCH3 is 1. The lowest BCUT2D eigenvalue weighted by Gasteiger charge is -2.42. The third-order valence-corrected chi connectivity index (χ3v) is 4.07. The molecular weight excluding hydrogens is 266 g/mol. The summed E-state index contributed by atoms with van der Waals surface area (Å²) < 4.78 is 5.48. The average molecular weight is 291 g/mol. The van der Waals surface area contributed by atoms with E-state index in [1.807, 2.05) is 38.1 Å². The number of para-hydroxylation sites is 1. The molecule has 5 heteroatoms. The largest absolute Gasteiger partial charge is 0.496 e. The van der Waals surface area contributed by atoms with Gasteiger partial charge in [-0.1, -0.05) is 25.1 Å². The van der Waals surface area contributed by atoms with E-state index in [1.54, 1.807) is 7.11 Å². The van der Waals surface area contributed by atoms with Gasteiger partial charge in [-0.2, -0.15) is 0 Å². The molecule has 0 aromatic heterocycles. The predicted molar refractivity (Wildman–Crippen MR) is 83.2 cm³/mol. The smallest absolute Gasteiger partial charge is 0.237 e. The molecular formula is C16H25N3O2. The van der Waals surface area contributed by atoms with Crippen molar-refractivity contribution in [1.82, 2.24) is 10.2 Å². The van der Waals surface area contributed by atoms with Crippen LogP contribution in [0.2, 0.25) is 0 Å². The zero-order chi connectivity index (χ0) is 15.4. The van der Waals surface area contributed by atoms with Crippen molar-refractivity contribution < 1.29 is 9.53 Å². The van der Waals surface area contributed by atoms with Crippen LogP contribution in [0.1, 0.15) is 31.9 Å². The number of carbonyl (C=O) groups excluding carboxylic acids is 1. The van der Waals surface area contributed by atoms with Crippen LogP contribution < -0.4 is 15.8 Å². The van der Waals surface area contributed by atoms with Gasteiger partial charge in [0.25, 0.3) is 0 Å². The van der Waals surface area contributed by atoms with Crippen molar-refractivity contribution >= 4 is 5.91 Å². The fourth-order valence-electron chi connectivity index (χ4n) is 3.16. The number of carbonyl (C=O) groups is 1. The zero-order valence-electron chi connectivity index (χ0n) is 13.0. The number of nitrogens with two attached hydrogens (primary N) is 1. The molecule has 1 aliphatic rings. The number of hydrogen-bond donors (Lipinski definition) is 2. The Hall–Kier alpha value is -1.59. The van der Waals surface area contributed by atoms with E-state index in [4.69, 9.17) is 10.5 Å². The van der Waals surface area contributed by atoms with Crippen LogP contribution in [0.25, 0.3) is 0 Å². The van der Waals surface area contributed by atoms with E-state index in [9.17, 15) is 4.79 Å². The monoisotopic (exact) mass is 291 g/mol. The average Bonchev–Trinajstić information content (AvgIpc) is 2.48. The fraction of sp³-hybridized carbons (Fsp3) is 0.562. The molecule has 1 aliphatic heterocycles. The first-order valence-corrected chi connectivity index (χ1v) is 7.52. The summed E-state index contributed by atoms with van der Waals surface area (Å²) >= 11 is 0. The van der Waals surface area contributed by atoms with Crippen molar-refractivity contribution in [2.24, 2.45) is 5.73 Å². The second-order valence-corrected chi connectivity index (χ2v) is 5.50. The Bertz CT molecular complexity index is 490. The highest BCUT2D eigenvalue weighted by Crippen LogP contribution is 2.33. The molecule has 3 atom stereocenters. The summed E-state index contributed by atoms with van der Waals surface area (Å²) in [6.07, 6.45) is 0.768. The highest BCUT2D eigenvalue weighted by atomic mass is 16.5. The molecule has 116 valence electrons.